The maximum Gasteiger partial charge on any atom is 0.309 e. The van der Waals surface area contributed by atoms with Crippen LogP contribution in [-0.4, -0.2) is 49.5 Å². The highest BCUT2D eigenvalue weighted by Gasteiger charge is 2.29. The van der Waals surface area contributed by atoms with Crippen LogP contribution in [0.2, 0.25) is 0 Å². The lowest BCUT2D eigenvalue weighted by atomic mass is 9.96. The van der Waals surface area contributed by atoms with Crippen molar-refractivity contribution in [2.24, 2.45) is 5.92 Å². The number of rotatable bonds is 6. The number of aryl methyl sites for hydroxylation is 2. The first-order valence-electron chi connectivity index (χ1n) is 10.3. The molecule has 2 aromatic rings. The summed E-state index contributed by atoms with van der Waals surface area (Å²) in [5.41, 5.74) is 3.13. The molecule has 7 heteroatoms. The van der Waals surface area contributed by atoms with Crippen LogP contribution in [0, 0.1) is 19.8 Å². The van der Waals surface area contributed by atoms with Crippen molar-refractivity contribution in [3.05, 3.63) is 59.2 Å². The van der Waals surface area contributed by atoms with Crippen molar-refractivity contribution < 1.29 is 23.9 Å². The molecule has 0 bridgehead atoms. The van der Waals surface area contributed by atoms with Gasteiger partial charge in [0.2, 0.25) is 0 Å². The first-order valence-corrected chi connectivity index (χ1v) is 10.3. The maximum absolute atomic E-state index is 12.7. The number of carbonyl (C=O) groups excluding carboxylic acids is 3. The van der Waals surface area contributed by atoms with Gasteiger partial charge >= 0.3 is 5.97 Å². The average molecular weight is 424 g/mol. The molecule has 1 aliphatic heterocycles. The zero-order valence-corrected chi connectivity index (χ0v) is 18.1. The van der Waals surface area contributed by atoms with Gasteiger partial charge in [-0.3, -0.25) is 14.4 Å². The van der Waals surface area contributed by atoms with E-state index in [1.54, 1.807) is 17.0 Å². The number of methoxy groups -OCH3 is 1. The van der Waals surface area contributed by atoms with E-state index in [2.05, 4.69) is 5.32 Å². The van der Waals surface area contributed by atoms with Crippen LogP contribution in [0.3, 0.4) is 0 Å². The fraction of sp³-hybridized carbons (Fsp3) is 0.375. The van der Waals surface area contributed by atoms with Gasteiger partial charge in [0, 0.05) is 18.7 Å². The normalized spacial score (nSPS) is 14.1. The van der Waals surface area contributed by atoms with Gasteiger partial charge in [-0.15, -0.1) is 0 Å². The molecule has 1 fully saturated rings. The molecule has 1 saturated heterocycles. The fourth-order valence-corrected chi connectivity index (χ4v) is 3.66. The van der Waals surface area contributed by atoms with Crippen LogP contribution in [0.4, 0.5) is 5.69 Å². The molecule has 3 rings (SSSR count). The third-order valence-corrected chi connectivity index (χ3v) is 5.47. The van der Waals surface area contributed by atoms with E-state index in [0.717, 1.165) is 11.1 Å². The lowest BCUT2D eigenvalue weighted by molar-refractivity contribution is -0.152. The molecule has 1 N–H and O–H groups in total. The quantitative estimate of drug-likeness (QED) is 0.719. The van der Waals surface area contributed by atoms with Crippen molar-refractivity contribution in [3.63, 3.8) is 0 Å². The van der Waals surface area contributed by atoms with E-state index in [1.165, 1.54) is 7.11 Å². The second-order valence-electron chi connectivity index (χ2n) is 7.74. The van der Waals surface area contributed by atoms with Crippen molar-refractivity contribution in [2.75, 3.05) is 32.1 Å². The van der Waals surface area contributed by atoms with E-state index in [9.17, 15) is 14.4 Å². The Morgan fingerprint density at radius 3 is 2.45 bits per heavy atom. The zero-order chi connectivity index (χ0) is 22.4. The molecular formula is C24H28N2O5. The van der Waals surface area contributed by atoms with Gasteiger partial charge < -0.3 is 19.7 Å². The van der Waals surface area contributed by atoms with E-state index < -0.39 is 11.9 Å². The summed E-state index contributed by atoms with van der Waals surface area (Å²) in [6, 6.07) is 12.9. The summed E-state index contributed by atoms with van der Waals surface area (Å²) < 4.78 is 10.5. The Morgan fingerprint density at radius 1 is 1.06 bits per heavy atom. The molecule has 0 unspecified atom stereocenters. The van der Waals surface area contributed by atoms with E-state index in [0.29, 0.717) is 42.9 Å². The van der Waals surface area contributed by atoms with Gasteiger partial charge in [0.15, 0.2) is 6.61 Å². The molecule has 2 aromatic carbocycles. The van der Waals surface area contributed by atoms with Crippen molar-refractivity contribution in [2.45, 2.75) is 26.7 Å². The van der Waals surface area contributed by atoms with Crippen LogP contribution in [0.25, 0.3) is 0 Å². The summed E-state index contributed by atoms with van der Waals surface area (Å²) >= 11 is 0. The van der Waals surface area contributed by atoms with E-state index in [4.69, 9.17) is 9.47 Å². The number of anilines is 1. The summed E-state index contributed by atoms with van der Waals surface area (Å²) in [5, 5.41) is 2.71. The summed E-state index contributed by atoms with van der Waals surface area (Å²) in [4.78, 5) is 39.1. The topological polar surface area (TPSA) is 84.9 Å². The fourth-order valence-electron chi connectivity index (χ4n) is 3.66. The van der Waals surface area contributed by atoms with Gasteiger partial charge in [-0.1, -0.05) is 24.3 Å². The minimum atomic E-state index is -0.426. The Bertz CT molecular complexity index is 964. The molecule has 0 spiro atoms. The van der Waals surface area contributed by atoms with E-state index in [1.807, 2.05) is 44.2 Å². The van der Waals surface area contributed by atoms with Crippen molar-refractivity contribution in [1.82, 2.24) is 4.90 Å². The molecular weight excluding hydrogens is 396 g/mol. The first kappa shape index (κ1) is 22.3. The highest BCUT2D eigenvalue weighted by atomic mass is 16.5. The molecule has 1 aliphatic rings. The molecule has 0 saturated carbocycles. The third-order valence-electron chi connectivity index (χ3n) is 5.47. The zero-order valence-electron chi connectivity index (χ0n) is 18.1. The summed E-state index contributed by atoms with van der Waals surface area (Å²) in [5.74, 6) is -0.631. The molecule has 0 aromatic heterocycles. The van der Waals surface area contributed by atoms with Crippen LogP contribution in [0.15, 0.2) is 42.5 Å². The number of benzene rings is 2. The number of carbonyl (C=O) groups is 3. The molecule has 7 nitrogen and oxygen atoms in total. The maximum atomic E-state index is 12.7. The van der Waals surface area contributed by atoms with Gasteiger partial charge in [-0.2, -0.15) is 0 Å². The number of hydrogen-bond acceptors (Lipinski definition) is 5. The second kappa shape index (κ2) is 10.1. The lowest BCUT2D eigenvalue weighted by Crippen LogP contribution is -2.41. The molecule has 0 aliphatic carbocycles. The van der Waals surface area contributed by atoms with Gasteiger partial charge in [-0.05, 0) is 56.0 Å². The van der Waals surface area contributed by atoms with Crippen LogP contribution in [0.5, 0.6) is 5.75 Å². The number of ether oxygens (including phenoxy) is 2. The van der Waals surface area contributed by atoms with Crippen molar-refractivity contribution >= 4 is 23.5 Å². The van der Waals surface area contributed by atoms with Gasteiger partial charge in [0.1, 0.15) is 5.75 Å². The molecule has 164 valence electrons. The molecule has 0 radical (unpaired) electrons. The van der Waals surface area contributed by atoms with Crippen LogP contribution >= 0.6 is 0 Å². The van der Waals surface area contributed by atoms with Crippen molar-refractivity contribution in [1.29, 1.82) is 0 Å². The SMILES string of the molecule is COc1ccc(C)cc1NC(=O)COC(=O)C1CCN(C(=O)c2ccccc2C)CC1. The largest absolute Gasteiger partial charge is 0.495 e. The number of nitrogens with zero attached hydrogens (tertiary/aromatic N) is 1. The number of hydrogen-bond donors (Lipinski definition) is 1. The van der Waals surface area contributed by atoms with E-state index in [-0.39, 0.29) is 18.4 Å². The highest BCUT2D eigenvalue weighted by Crippen LogP contribution is 2.25. The molecule has 2 amide bonds. The minimum absolute atomic E-state index is 0.0172. The molecule has 1 heterocycles. The lowest BCUT2D eigenvalue weighted by Gasteiger charge is -2.31. The Balaban J connectivity index is 1.47. The van der Waals surface area contributed by atoms with Crippen LogP contribution in [-0.2, 0) is 14.3 Å². The number of amides is 2. The van der Waals surface area contributed by atoms with Crippen molar-refractivity contribution in [3.8, 4) is 5.75 Å². The summed E-state index contributed by atoms with van der Waals surface area (Å²) in [6.07, 6.45) is 1.04. The third kappa shape index (κ3) is 5.63. The predicted molar refractivity (Wildman–Crippen MR) is 117 cm³/mol. The van der Waals surface area contributed by atoms with Gasteiger partial charge in [-0.25, -0.2) is 0 Å². The number of nitrogens with one attached hydrogen (secondary N) is 1. The molecule has 31 heavy (non-hydrogen) atoms. The average Bonchev–Trinajstić information content (AvgIpc) is 2.77. The Labute approximate surface area is 182 Å². The smallest absolute Gasteiger partial charge is 0.309 e. The Morgan fingerprint density at radius 2 is 1.77 bits per heavy atom. The highest BCUT2D eigenvalue weighted by molar-refractivity contribution is 5.96. The Kier molecular flexibility index (Phi) is 7.28. The summed E-state index contributed by atoms with van der Waals surface area (Å²) in [7, 11) is 1.52. The van der Waals surface area contributed by atoms with E-state index >= 15 is 0 Å². The second-order valence-corrected chi connectivity index (χ2v) is 7.74. The predicted octanol–water partition coefficient (Wildman–Crippen LogP) is 3.35. The van der Waals surface area contributed by atoms with Gasteiger partial charge in [0.05, 0.1) is 18.7 Å². The minimum Gasteiger partial charge on any atom is -0.495 e. The number of likely N-dealkylation sites (tertiary alicyclic amines) is 1. The standard InChI is InChI=1S/C24H28N2O5/c1-16-8-9-21(30-3)20(14-16)25-22(27)15-31-24(29)18-10-12-26(13-11-18)23(28)19-7-5-4-6-17(19)2/h4-9,14,18H,10-13,15H2,1-3H3,(H,25,27). The van der Waals surface area contributed by atoms with Gasteiger partial charge in [0.25, 0.3) is 11.8 Å². The van der Waals surface area contributed by atoms with Crippen LogP contribution < -0.4 is 10.1 Å². The summed E-state index contributed by atoms with van der Waals surface area (Å²) in [6.45, 7) is 4.43. The number of esters is 1. The number of piperidine rings is 1. The monoisotopic (exact) mass is 424 g/mol. The molecule has 0 atom stereocenters. The Hall–Kier alpha value is -3.35. The van der Waals surface area contributed by atoms with Crippen LogP contribution in [0.1, 0.15) is 34.3 Å². The first-order chi connectivity index (χ1) is 14.9.